The Labute approximate surface area is 113 Å². The van der Waals surface area contributed by atoms with E-state index < -0.39 is 0 Å². The van der Waals surface area contributed by atoms with Crippen molar-refractivity contribution >= 4 is 5.69 Å². The quantitative estimate of drug-likeness (QED) is 0.487. The van der Waals surface area contributed by atoms with Gasteiger partial charge in [0.25, 0.3) is 5.69 Å². The number of nitrogens with zero attached hydrogens (tertiary/aromatic N) is 2. The van der Waals surface area contributed by atoms with Crippen molar-refractivity contribution in [2.24, 2.45) is 5.92 Å². The Morgan fingerprint density at radius 3 is 2.79 bits per heavy atom. The van der Waals surface area contributed by atoms with Gasteiger partial charge in [-0.3, -0.25) is 15.1 Å². The summed E-state index contributed by atoms with van der Waals surface area (Å²) in [4.78, 5) is 15.0. The summed E-state index contributed by atoms with van der Waals surface area (Å²) in [5.74, 6) is 0.883. The predicted molar refractivity (Wildman–Crippen MR) is 74.0 cm³/mol. The maximum Gasteiger partial charge on any atom is 0.278 e. The molecule has 1 N–H and O–H groups in total. The van der Waals surface area contributed by atoms with E-state index in [0.29, 0.717) is 17.7 Å². The smallest absolute Gasteiger partial charge is 0.278 e. The first kappa shape index (κ1) is 13.9. The molecule has 2 rings (SSSR count). The molecule has 0 amide bonds. The third-order valence-corrected chi connectivity index (χ3v) is 4.00. The van der Waals surface area contributed by atoms with Crippen LogP contribution in [0.15, 0.2) is 6.20 Å². The van der Waals surface area contributed by atoms with Crippen molar-refractivity contribution in [2.45, 2.75) is 46.1 Å². The van der Waals surface area contributed by atoms with Crippen LogP contribution in [-0.4, -0.2) is 16.5 Å². The molecule has 0 aliphatic heterocycles. The number of hydrogen-bond donors (Lipinski definition) is 1. The van der Waals surface area contributed by atoms with Crippen molar-refractivity contribution < 1.29 is 4.92 Å². The first-order valence-corrected chi connectivity index (χ1v) is 6.89. The van der Waals surface area contributed by atoms with Gasteiger partial charge in [-0.25, -0.2) is 0 Å². The summed E-state index contributed by atoms with van der Waals surface area (Å²) in [5, 5.41) is 14.4. The molecule has 0 atom stereocenters. The maximum absolute atomic E-state index is 11.0. The summed E-state index contributed by atoms with van der Waals surface area (Å²) in [7, 11) is 0. The van der Waals surface area contributed by atoms with E-state index in [4.69, 9.17) is 0 Å². The first-order valence-electron chi connectivity index (χ1n) is 6.89. The highest BCUT2D eigenvalue weighted by Gasteiger charge is 2.19. The average Bonchev–Trinajstić information content (AvgIpc) is 2.28. The Morgan fingerprint density at radius 2 is 2.21 bits per heavy atom. The molecule has 5 heteroatoms. The van der Waals surface area contributed by atoms with Crippen molar-refractivity contribution in [1.82, 2.24) is 10.3 Å². The van der Waals surface area contributed by atoms with E-state index in [1.807, 2.05) is 0 Å². The van der Waals surface area contributed by atoms with Crippen molar-refractivity contribution in [3.05, 3.63) is 33.1 Å². The van der Waals surface area contributed by atoms with Gasteiger partial charge in [-0.05, 0) is 32.7 Å². The van der Waals surface area contributed by atoms with Gasteiger partial charge in [-0.2, -0.15) is 0 Å². The van der Waals surface area contributed by atoms with Gasteiger partial charge in [0.1, 0.15) is 0 Å². The van der Waals surface area contributed by atoms with Crippen LogP contribution < -0.4 is 5.32 Å². The van der Waals surface area contributed by atoms with Crippen LogP contribution >= 0.6 is 0 Å². The van der Waals surface area contributed by atoms with Crippen LogP contribution in [0.3, 0.4) is 0 Å². The zero-order valence-corrected chi connectivity index (χ0v) is 11.6. The van der Waals surface area contributed by atoms with Crippen molar-refractivity contribution in [3.63, 3.8) is 0 Å². The highest BCUT2D eigenvalue weighted by Crippen LogP contribution is 2.29. The van der Waals surface area contributed by atoms with Gasteiger partial charge in [0.05, 0.1) is 10.6 Å². The molecule has 1 aromatic rings. The fraction of sp³-hybridized carbons (Fsp3) is 0.643. The minimum absolute atomic E-state index is 0.200. The lowest BCUT2D eigenvalue weighted by molar-refractivity contribution is -0.386. The summed E-state index contributed by atoms with van der Waals surface area (Å²) in [6, 6.07) is 0. The molecular formula is C14H21N3O2. The molecule has 0 spiro atoms. The molecular weight excluding hydrogens is 242 g/mol. The van der Waals surface area contributed by atoms with E-state index in [2.05, 4.69) is 10.3 Å². The predicted octanol–water partition coefficient (Wildman–Crippen LogP) is 2.89. The fourth-order valence-electron chi connectivity index (χ4n) is 2.52. The summed E-state index contributed by atoms with van der Waals surface area (Å²) < 4.78 is 0. The lowest BCUT2D eigenvalue weighted by Crippen LogP contribution is -2.22. The SMILES string of the molecule is Cc1cnc(CNCCC2CCC2)c(C)c1[N+](=O)[O-]. The lowest BCUT2D eigenvalue weighted by Gasteiger charge is -2.25. The van der Waals surface area contributed by atoms with Gasteiger partial charge in [0.2, 0.25) is 0 Å². The highest BCUT2D eigenvalue weighted by molar-refractivity contribution is 5.47. The number of nitrogens with one attached hydrogen (secondary N) is 1. The number of pyridine rings is 1. The molecule has 1 aliphatic carbocycles. The van der Waals surface area contributed by atoms with Gasteiger partial charge in [0, 0.05) is 23.9 Å². The molecule has 0 aromatic carbocycles. The standard InChI is InChI=1S/C14H21N3O2/c1-10-8-16-13(11(2)14(10)17(18)19)9-15-7-6-12-4-3-5-12/h8,12,15H,3-7,9H2,1-2H3. The monoisotopic (exact) mass is 263 g/mol. The summed E-state index contributed by atoms with van der Waals surface area (Å²) >= 11 is 0. The number of hydrogen-bond acceptors (Lipinski definition) is 4. The molecule has 104 valence electrons. The zero-order valence-electron chi connectivity index (χ0n) is 11.6. The molecule has 1 saturated carbocycles. The van der Waals surface area contributed by atoms with Crippen LogP contribution in [0, 0.1) is 29.9 Å². The molecule has 19 heavy (non-hydrogen) atoms. The molecule has 1 aliphatic rings. The van der Waals surface area contributed by atoms with E-state index in [-0.39, 0.29) is 10.6 Å². The average molecular weight is 263 g/mol. The summed E-state index contributed by atoms with van der Waals surface area (Å²) in [5.41, 5.74) is 2.29. The second-order valence-corrected chi connectivity index (χ2v) is 5.38. The van der Waals surface area contributed by atoms with Gasteiger partial charge < -0.3 is 5.32 Å². The van der Waals surface area contributed by atoms with Crippen molar-refractivity contribution in [2.75, 3.05) is 6.54 Å². The van der Waals surface area contributed by atoms with Crippen LogP contribution in [0.1, 0.15) is 42.5 Å². The van der Waals surface area contributed by atoms with E-state index >= 15 is 0 Å². The molecule has 1 aromatic heterocycles. The van der Waals surface area contributed by atoms with E-state index in [9.17, 15) is 10.1 Å². The number of aryl methyl sites for hydroxylation is 1. The molecule has 0 saturated heterocycles. The summed E-state index contributed by atoms with van der Waals surface area (Å²) in [6.45, 7) is 5.08. The topological polar surface area (TPSA) is 68.1 Å². The van der Waals surface area contributed by atoms with Gasteiger partial charge >= 0.3 is 0 Å². The number of rotatable bonds is 6. The van der Waals surface area contributed by atoms with Crippen LogP contribution in [0.2, 0.25) is 0 Å². The maximum atomic E-state index is 11.0. The summed E-state index contributed by atoms with van der Waals surface area (Å²) in [6.07, 6.45) is 6.88. The first-order chi connectivity index (χ1) is 9.09. The molecule has 5 nitrogen and oxygen atoms in total. The van der Waals surface area contributed by atoms with Crippen LogP contribution in [0.4, 0.5) is 5.69 Å². The largest absolute Gasteiger partial charge is 0.311 e. The third-order valence-electron chi connectivity index (χ3n) is 4.00. The second-order valence-electron chi connectivity index (χ2n) is 5.38. The van der Waals surface area contributed by atoms with Crippen LogP contribution in [0.5, 0.6) is 0 Å². The van der Waals surface area contributed by atoms with Crippen molar-refractivity contribution in [1.29, 1.82) is 0 Å². The van der Waals surface area contributed by atoms with E-state index in [1.165, 1.54) is 25.7 Å². The molecule has 1 heterocycles. The van der Waals surface area contributed by atoms with E-state index in [0.717, 1.165) is 18.2 Å². The Morgan fingerprint density at radius 1 is 1.47 bits per heavy atom. The van der Waals surface area contributed by atoms with Crippen LogP contribution in [0.25, 0.3) is 0 Å². The van der Waals surface area contributed by atoms with E-state index in [1.54, 1.807) is 20.0 Å². The number of nitro groups is 1. The minimum Gasteiger partial charge on any atom is -0.311 e. The highest BCUT2D eigenvalue weighted by atomic mass is 16.6. The fourth-order valence-corrected chi connectivity index (χ4v) is 2.52. The number of aromatic nitrogens is 1. The Balaban J connectivity index is 1.92. The van der Waals surface area contributed by atoms with Gasteiger partial charge in [-0.1, -0.05) is 19.3 Å². The molecule has 1 fully saturated rings. The minimum atomic E-state index is -0.315. The lowest BCUT2D eigenvalue weighted by atomic mass is 9.83. The van der Waals surface area contributed by atoms with Crippen molar-refractivity contribution in [3.8, 4) is 0 Å². The van der Waals surface area contributed by atoms with Gasteiger partial charge in [0.15, 0.2) is 0 Å². The molecule has 0 unspecified atom stereocenters. The normalized spacial score (nSPS) is 15.3. The van der Waals surface area contributed by atoms with Gasteiger partial charge in [-0.15, -0.1) is 0 Å². The zero-order chi connectivity index (χ0) is 13.8. The Bertz CT molecular complexity index is 470. The second kappa shape index (κ2) is 6.10. The van der Waals surface area contributed by atoms with Crippen LogP contribution in [-0.2, 0) is 6.54 Å². The Hall–Kier alpha value is -1.49. The molecule has 0 bridgehead atoms. The third kappa shape index (κ3) is 3.29. The Kier molecular flexibility index (Phi) is 4.47. The molecule has 0 radical (unpaired) electrons.